The van der Waals surface area contributed by atoms with Gasteiger partial charge in [-0.2, -0.15) is 0 Å². The first-order chi connectivity index (χ1) is 11.7. The average molecular weight is 338 g/mol. The Morgan fingerprint density at radius 2 is 2.17 bits per heavy atom. The summed E-state index contributed by atoms with van der Waals surface area (Å²) >= 11 is 1.67. The fourth-order valence-electron chi connectivity index (χ4n) is 3.57. The summed E-state index contributed by atoms with van der Waals surface area (Å²) in [5.74, 6) is -0.734. The maximum atomic E-state index is 11.7. The Hall–Kier alpha value is -2.24. The number of nitrogens with zero attached hydrogens (tertiary/aromatic N) is 2. The number of para-hydroxylation sites is 1. The molecule has 0 radical (unpaired) electrons. The molecule has 4 nitrogen and oxygen atoms in total. The number of likely N-dealkylation sites (tertiary alicyclic amines) is 1. The number of carboxylic acid groups (broad SMARTS) is 1. The molecule has 1 aliphatic rings. The predicted octanol–water partition coefficient (Wildman–Crippen LogP) is 3.93. The number of rotatable bonds is 4. The van der Waals surface area contributed by atoms with Gasteiger partial charge in [0.15, 0.2) is 0 Å². The van der Waals surface area contributed by atoms with Gasteiger partial charge in [-0.25, -0.2) is 0 Å². The second-order valence-electron chi connectivity index (χ2n) is 6.11. The van der Waals surface area contributed by atoms with Gasteiger partial charge in [-0.05, 0) is 42.0 Å². The van der Waals surface area contributed by atoms with Crippen LogP contribution in [0.2, 0.25) is 0 Å². The first kappa shape index (κ1) is 15.3. The van der Waals surface area contributed by atoms with Gasteiger partial charge in [0.05, 0.1) is 11.6 Å². The standard InChI is InChI=1S/C19H18N2O2S/c22-19(23)16-7-3-9-21(16)18(17-8-4-10-24-17)14-11-13-5-1-2-6-15(13)20-12-14/h1-2,4-6,8,10-12,16,18H,3,7,9H2,(H,22,23). The highest BCUT2D eigenvalue weighted by Crippen LogP contribution is 2.37. The highest BCUT2D eigenvalue weighted by molar-refractivity contribution is 7.10. The van der Waals surface area contributed by atoms with Crippen molar-refractivity contribution in [1.29, 1.82) is 0 Å². The summed E-state index contributed by atoms with van der Waals surface area (Å²) in [7, 11) is 0. The van der Waals surface area contributed by atoms with Crippen LogP contribution in [0.1, 0.15) is 29.3 Å². The van der Waals surface area contributed by atoms with Gasteiger partial charge in [-0.15, -0.1) is 11.3 Å². The zero-order valence-corrected chi connectivity index (χ0v) is 13.9. The van der Waals surface area contributed by atoms with Crippen LogP contribution in [-0.4, -0.2) is 33.5 Å². The lowest BCUT2D eigenvalue weighted by Gasteiger charge is -2.30. The smallest absolute Gasteiger partial charge is 0.320 e. The topological polar surface area (TPSA) is 53.4 Å². The molecule has 1 saturated heterocycles. The number of carboxylic acids is 1. The number of fused-ring (bicyclic) bond motifs is 1. The number of aromatic nitrogens is 1. The summed E-state index contributed by atoms with van der Waals surface area (Å²) in [5.41, 5.74) is 2.02. The van der Waals surface area contributed by atoms with Gasteiger partial charge in [0.1, 0.15) is 6.04 Å². The van der Waals surface area contributed by atoms with Gasteiger partial charge >= 0.3 is 5.97 Å². The van der Waals surface area contributed by atoms with E-state index >= 15 is 0 Å². The van der Waals surface area contributed by atoms with Gasteiger partial charge in [-0.3, -0.25) is 14.7 Å². The molecule has 0 bridgehead atoms. The van der Waals surface area contributed by atoms with E-state index < -0.39 is 12.0 Å². The van der Waals surface area contributed by atoms with Crippen LogP contribution in [-0.2, 0) is 4.79 Å². The molecule has 1 aromatic carbocycles. The molecule has 1 fully saturated rings. The molecule has 5 heteroatoms. The summed E-state index contributed by atoms with van der Waals surface area (Å²) < 4.78 is 0. The lowest BCUT2D eigenvalue weighted by atomic mass is 10.0. The molecule has 0 spiro atoms. The average Bonchev–Trinajstić information content (AvgIpc) is 3.27. The Kier molecular flexibility index (Phi) is 4.04. The third-order valence-electron chi connectivity index (χ3n) is 4.65. The molecule has 2 atom stereocenters. The fourth-order valence-corrected chi connectivity index (χ4v) is 4.44. The van der Waals surface area contributed by atoms with Crippen molar-refractivity contribution in [3.8, 4) is 0 Å². The van der Waals surface area contributed by atoms with Crippen LogP contribution in [0.5, 0.6) is 0 Å². The molecule has 0 saturated carbocycles. The number of thiophene rings is 1. The summed E-state index contributed by atoms with van der Waals surface area (Å²) in [6.45, 7) is 0.798. The largest absolute Gasteiger partial charge is 0.480 e. The normalized spacial score (nSPS) is 19.6. The molecular weight excluding hydrogens is 320 g/mol. The Bertz CT molecular complexity index is 863. The van der Waals surface area contributed by atoms with Gasteiger partial charge in [0, 0.05) is 23.0 Å². The van der Waals surface area contributed by atoms with Crippen molar-refractivity contribution in [3.05, 3.63) is 64.5 Å². The summed E-state index contributed by atoms with van der Waals surface area (Å²) in [6, 6.07) is 13.8. The van der Waals surface area contributed by atoms with Gasteiger partial charge in [-0.1, -0.05) is 24.3 Å². The second-order valence-corrected chi connectivity index (χ2v) is 7.09. The number of hydrogen-bond donors (Lipinski definition) is 1. The molecule has 24 heavy (non-hydrogen) atoms. The molecule has 122 valence electrons. The maximum absolute atomic E-state index is 11.7. The van der Waals surface area contributed by atoms with E-state index in [4.69, 9.17) is 0 Å². The Labute approximate surface area is 144 Å². The molecule has 0 aliphatic carbocycles. The van der Waals surface area contributed by atoms with Crippen LogP contribution in [0.3, 0.4) is 0 Å². The number of carbonyl (C=O) groups is 1. The number of benzene rings is 1. The van der Waals surface area contributed by atoms with E-state index in [0.29, 0.717) is 6.42 Å². The highest BCUT2D eigenvalue weighted by Gasteiger charge is 2.37. The minimum absolute atomic E-state index is 0.0503. The summed E-state index contributed by atoms with van der Waals surface area (Å²) in [6.07, 6.45) is 3.52. The van der Waals surface area contributed by atoms with Crippen molar-refractivity contribution in [2.24, 2.45) is 0 Å². The first-order valence-electron chi connectivity index (χ1n) is 8.10. The van der Waals surface area contributed by atoms with E-state index in [0.717, 1.165) is 29.4 Å². The lowest BCUT2D eigenvalue weighted by Crippen LogP contribution is -2.39. The van der Waals surface area contributed by atoms with Crippen LogP contribution in [0.25, 0.3) is 10.9 Å². The minimum atomic E-state index is -0.734. The van der Waals surface area contributed by atoms with E-state index in [2.05, 4.69) is 28.1 Å². The highest BCUT2D eigenvalue weighted by atomic mass is 32.1. The van der Waals surface area contributed by atoms with Crippen LogP contribution in [0.15, 0.2) is 54.0 Å². The zero-order chi connectivity index (χ0) is 16.5. The first-order valence-corrected chi connectivity index (χ1v) is 8.98. The molecule has 1 N–H and O–H groups in total. The van der Waals surface area contributed by atoms with Crippen molar-refractivity contribution in [2.45, 2.75) is 24.9 Å². The zero-order valence-electron chi connectivity index (χ0n) is 13.1. The molecule has 3 heterocycles. The fraction of sp³-hybridized carbons (Fsp3) is 0.263. The van der Waals surface area contributed by atoms with E-state index in [9.17, 15) is 9.90 Å². The SMILES string of the molecule is O=C(O)C1CCCN1C(c1cnc2ccccc2c1)c1cccs1. The van der Waals surface area contributed by atoms with E-state index in [-0.39, 0.29) is 6.04 Å². The van der Waals surface area contributed by atoms with Crippen molar-refractivity contribution < 1.29 is 9.90 Å². The second kappa shape index (κ2) is 6.34. The van der Waals surface area contributed by atoms with Crippen LogP contribution < -0.4 is 0 Å². The monoisotopic (exact) mass is 338 g/mol. The van der Waals surface area contributed by atoms with Crippen LogP contribution in [0, 0.1) is 0 Å². The van der Waals surface area contributed by atoms with Crippen LogP contribution in [0.4, 0.5) is 0 Å². The van der Waals surface area contributed by atoms with Crippen molar-refractivity contribution in [3.63, 3.8) is 0 Å². The summed E-state index contributed by atoms with van der Waals surface area (Å²) in [5, 5.41) is 12.7. The molecule has 0 amide bonds. The van der Waals surface area contributed by atoms with Gasteiger partial charge in [0.2, 0.25) is 0 Å². The maximum Gasteiger partial charge on any atom is 0.320 e. The Morgan fingerprint density at radius 1 is 1.29 bits per heavy atom. The molecule has 2 aromatic heterocycles. The van der Waals surface area contributed by atoms with Crippen LogP contribution >= 0.6 is 11.3 Å². The van der Waals surface area contributed by atoms with Gasteiger partial charge in [0.25, 0.3) is 0 Å². The van der Waals surface area contributed by atoms with Crippen molar-refractivity contribution in [1.82, 2.24) is 9.88 Å². The number of aliphatic carboxylic acids is 1. The number of pyridine rings is 1. The lowest BCUT2D eigenvalue weighted by molar-refractivity contribution is -0.142. The Balaban J connectivity index is 1.81. The molecule has 3 aromatic rings. The quantitative estimate of drug-likeness (QED) is 0.783. The molecule has 1 aliphatic heterocycles. The van der Waals surface area contributed by atoms with E-state index in [1.165, 1.54) is 4.88 Å². The molecule has 4 rings (SSSR count). The third kappa shape index (κ3) is 2.70. The minimum Gasteiger partial charge on any atom is -0.480 e. The molecule has 2 unspecified atom stereocenters. The number of hydrogen-bond acceptors (Lipinski definition) is 4. The molecular formula is C19H18N2O2S. The summed E-state index contributed by atoms with van der Waals surface area (Å²) in [4.78, 5) is 19.5. The van der Waals surface area contributed by atoms with Gasteiger partial charge < -0.3 is 5.11 Å². The third-order valence-corrected chi connectivity index (χ3v) is 5.58. The Morgan fingerprint density at radius 3 is 2.96 bits per heavy atom. The van der Waals surface area contributed by atoms with E-state index in [1.807, 2.05) is 35.8 Å². The predicted molar refractivity (Wildman–Crippen MR) is 95.3 cm³/mol. The van der Waals surface area contributed by atoms with Crippen molar-refractivity contribution in [2.75, 3.05) is 6.54 Å². The van der Waals surface area contributed by atoms with Crippen molar-refractivity contribution >= 4 is 28.2 Å². The van der Waals surface area contributed by atoms with E-state index in [1.54, 1.807) is 11.3 Å².